The van der Waals surface area contributed by atoms with Crippen molar-refractivity contribution in [3.8, 4) is 0 Å². The van der Waals surface area contributed by atoms with Crippen molar-refractivity contribution in [3.05, 3.63) is 52.6 Å². The Morgan fingerprint density at radius 1 is 1.04 bits per heavy atom. The lowest BCUT2D eigenvalue weighted by molar-refractivity contribution is 0.0980. The number of carbonyl (C=O) groups is 2. The molecule has 23 heavy (non-hydrogen) atoms. The van der Waals surface area contributed by atoms with Crippen LogP contribution in [-0.4, -0.2) is 31.6 Å². The summed E-state index contributed by atoms with van der Waals surface area (Å²) in [5.74, 6) is -1.05. The van der Waals surface area contributed by atoms with E-state index in [1.54, 1.807) is 12.1 Å². The summed E-state index contributed by atoms with van der Waals surface area (Å²) in [4.78, 5) is 24.6. The summed E-state index contributed by atoms with van der Waals surface area (Å²) in [7, 11) is -3.45. The first kappa shape index (κ1) is 15.2. The zero-order valence-electron chi connectivity index (χ0n) is 11.9. The maximum absolute atomic E-state index is 12.7. The molecule has 0 aromatic heterocycles. The maximum Gasteiger partial charge on any atom is 0.196 e. The summed E-state index contributed by atoms with van der Waals surface area (Å²) in [6.45, 7) is 0. The average molecular weight is 331 g/mol. The highest BCUT2D eigenvalue weighted by Crippen LogP contribution is 2.38. The Kier molecular flexibility index (Phi) is 3.24. The van der Waals surface area contributed by atoms with Crippen LogP contribution in [0.4, 0.5) is 11.4 Å². The van der Waals surface area contributed by atoms with Crippen LogP contribution in [0.5, 0.6) is 0 Å². The predicted molar refractivity (Wildman–Crippen MR) is 81.7 cm³/mol. The number of nitrogens with one attached hydrogen (secondary N) is 1. The molecule has 0 atom stereocenters. The Bertz CT molecular complexity index is 980. The molecule has 0 fully saturated rings. The first-order chi connectivity index (χ1) is 10.8. The van der Waals surface area contributed by atoms with E-state index in [0.29, 0.717) is 0 Å². The van der Waals surface area contributed by atoms with Gasteiger partial charge in [0.2, 0.25) is 0 Å². The molecule has 1 aliphatic rings. The van der Waals surface area contributed by atoms with Gasteiger partial charge in [0.05, 0.1) is 21.7 Å². The largest absolute Gasteiger partial charge is 0.744 e. The van der Waals surface area contributed by atoms with Crippen molar-refractivity contribution in [1.82, 2.24) is 0 Å². The molecule has 3 rings (SSSR count). The summed E-state index contributed by atoms with van der Waals surface area (Å²) < 4.78 is 34.1. The smallest absolute Gasteiger partial charge is 0.196 e. The average Bonchev–Trinajstić information content (AvgIpc) is 2.51. The molecule has 2 aromatic carbocycles. The van der Waals surface area contributed by atoms with E-state index in [2.05, 4.69) is 5.32 Å². The molecular formula is C15H11N2O5S-. The Morgan fingerprint density at radius 3 is 2.04 bits per heavy atom. The minimum Gasteiger partial charge on any atom is -0.744 e. The molecular weight excluding hydrogens is 320 g/mol. The molecule has 0 bridgehead atoms. The SMILES string of the molecule is CNc1cc(S(=O)(=O)[O-])c(N)c2c1C(=O)c1ccccc1C2=O. The Hall–Kier alpha value is -2.71. The first-order valence-corrected chi connectivity index (χ1v) is 7.96. The van der Waals surface area contributed by atoms with Gasteiger partial charge >= 0.3 is 0 Å². The van der Waals surface area contributed by atoms with Crippen LogP contribution in [0.3, 0.4) is 0 Å². The number of rotatable bonds is 2. The van der Waals surface area contributed by atoms with Crippen molar-refractivity contribution in [3.63, 3.8) is 0 Å². The van der Waals surface area contributed by atoms with E-state index in [-0.39, 0.29) is 27.9 Å². The summed E-state index contributed by atoms with van der Waals surface area (Å²) >= 11 is 0. The zero-order valence-corrected chi connectivity index (χ0v) is 12.7. The van der Waals surface area contributed by atoms with Gasteiger partial charge in [-0.1, -0.05) is 24.3 Å². The summed E-state index contributed by atoms with van der Waals surface area (Å²) in [6.07, 6.45) is 0. The number of hydrogen-bond acceptors (Lipinski definition) is 7. The van der Waals surface area contributed by atoms with Gasteiger partial charge in [0.1, 0.15) is 10.1 Å². The molecule has 0 saturated heterocycles. The topological polar surface area (TPSA) is 129 Å². The number of nitrogen functional groups attached to an aromatic ring is 1. The van der Waals surface area contributed by atoms with Gasteiger partial charge in [0, 0.05) is 23.9 Å². The molecule has 1 aliphatic carbocycles. The van der Waals surface area contributed by atoms with Gasteiger partial charge in [-0.2, -0.15) is 0 Å². The highest BCUT2D eigenvalue weighted by atomic mass is 32.2. The van der Waals surface area contributed by atoms with Crippen LogP contribution in [0.15, 0.2) is 35.2 Å². The monoisotopic (exact) mass is 331 g/mol. The number of benzene rings is 2. The molecule has 118 valence electrons. The maximum atomic E-state index is 12.7. The standard InChI is InChI=1S/C15H12N2O5S/c1-17-9-6-10(23(20,21)22)13(16)12-11(9)14(18)7-4-2-3-5-8(7)15(12)19/h2-6,17H,16H2,1H3,(H,20,21,22)/p-1. The number of fused-ring (bicyclic) bond motifs is 2. The highest BCUT2D eigenvalue weighted by Gasteiger charge is 2.35. The van der Waals surface area contributed by atoms with Crippen molar-refractivity contribution in [2.45, 2.75) is 4.90 Å². The van der Waals surface area contributed by atoms with E-state index in [9.17, 15) is 22.6 Å². The molecule has 0 unspecified atom stereocenters. The third-order valence-electron chi connectivity index (χ3n) is 3.74. The van der Waals surface area contributed by atoms with Gasteiger partial charge < -0.3 is 15.6 Å². The highest BCUT2D eigenvalue weighted by molar-refractivity contribution is 7.86. The number of nitrogens with two attached hydrogens (primary N) is 1. The lowest BCUT2D eigenvalue weighted by Gasteiger charge is -2.24. The van der Waals surface area contributed by atoms with Crippen LogP contribution < -0.4 is 11.1 Å². The van der Waals surface area contributed by atoms with E-state index in [4.69, 9.17) is 5.73 Å². The van der Waals surface area contributed by atoms with Crippen molar-refractivity contribution in [2.24, 2.45) is 0 Å². The lowest BCUT2D eigenvalue weighted by atomic mass is 9.82. The predicted octanol–water partition coefficient (Wildman–Crippen LogP) is 0.990. The van der Waals surface area contributed by atoms with Gasteiger partial charge in [0.25, 0.3) is 0 Å². The van der Waals surface area contributed by atoms with E-state index in [0.717, 1.165) is 6.07 Å². The molecule has 0 amide bonds. The summed E-state index contributed by atoms with van der Waals surface area (Å²) in [5.41, 5.74) is 5.36. The fourth-order valence-electron chi connectivity index (χ4n) is 2.70. The van der Waals surface area contributed by atoms with E-state index < -0.39 is 32.3 Å². The molecule has 0 spiro atoms. The molecule has 0 heterocycles. The Balaban J connectivity index is 2.45. The summed E-state index contributed by atoms with van der Waals surface area (Å²) in [5, 5.41) is 2.64. The lowest BCUT2D eigenvalue weighted by Crippen LogP contribution is -2.25. The minimum absolute atomic E-state index is 0.0268. The van der Waals surface area contributed by atoms with Crippen LogP contribution in [0.25, 0.3) is 0 Å². The second kappa shape index (κ2) is 4.90. The van der Waals surface area contributed by atoms with Gasteiger partial charge in [-0.25, -0.2) is 8.42 Å². The number of ketones is 2. The quantitative estimate of drug-likeness (QED) is 0.529. The van der Waals surface area contributed by atoms with E-state index >= 15 is 0 Å². The van der Waals surface area contributed by atoms with Crippen molar-refractivity contribution in [2.75, 3.05) is 18.1 Å². The second-order valence-electron chi connectivity index (χ2n) is 4.99. The number of anilines is 2. The first-order valence-electron chi connectivity index (χ1n) is 6.56. The molecule has 8 heteroatoms. The molecule has 0 aliphatic heterocycles. The number of hydrogen-bond donors (Lipinski definition) is 2. The van der Waals surface area contributed by atoms with Crippen molar-refractivity contribution < 1.29 is 22.6 Å². The fraction of sp³-hybridized carbons (Fsp3) is 0.0667. The van der Waals surface area contributed by atoms with Gasteiger partial charge in [0.15, 0.2) is 11.6 Å². The Labute approximate surface area is 131 Å². The summed E-state index contributed by atoms with van der Waals surface area (Å²) in [6, 6.07) is 7.14. The zero-order chi connectivity index (χ0) is 16.9. The van der Waals surface area contributed by atoms with Gasteiger partial charge in [-0.15, -0.1) is 0 Å². The van der Waals surface area contributed by atoms with Crippen molar-refractivity contribution >= 4 is 33.1 Å². The van der Waals surface area contributed by atoms with Crippen LogP contribution in [0.1, 0.15) is 31.8 Å². The van der Waals surface area contributed by atoms with Crippen LogP contribution in [0, 0.1) is 0 Å². The van der Waals surface area contributed by atoms with Crippen LogP contribution in [0.2, 0.25) is 0 Å². The third-order valence-corrected chi connectivity index (χ3v) is 4.62. The van der Waals surface area contributed by atoms with E-state index in [1.807, 2.05) is 0 Å². The Morgan fingerprint density at radius 2 is 1.57 bits per heavy atom. The van der Waals surface area contributed by atoms with Gasteiger partial charge in [-0.3, -0.25) is 9.59 Å². The molecule has 0 saturated carbocycles. The van der Waals surface area contributed by atoms with E-state index in [1.165, 1.54) is 19.2 Å². The number of carbonyl (C=O) groups excluding carboxylic acids is 2. The molecule has 7 nitrogen and oxygen atoms in total. The van der Waals surface area contributed by atoms with Gasteiger partial charge in [-0.05, 0) is 6.07 Å². The normalized spacial score (nSPS) is 13.5. The second-order valence-corrected chi connectivity index (χ2v) is 6.34. The molecule has 0 radical (unpaired) electrons. The van der Waals surface area contributed by atoms with Crippen LogP contribution in [-0.2, 0) is 10.1 Å². The van der Waals surface area contributed by atoms with Crippen LogP contribution >= 0.6 is 0 Å². The van der Waals surface area contributed by atoms with Crippen molar-refractivity contribution in [1.29, 1.82) is 0 Å². The molecule has 3 N–H and O–H groups in total. The minimum atomic E-state index is -4.90. The molecule has 2 aromatic rings. The third kappa shape index (κ3) is 2.11. The fourth-order valence-corrected chi connectivity index (χ4v) is 3.33.